The van der Waals surface area contributed by atoms with Crippen LogP contribution in [0.15, 0.2) is 58.5 Å². The minimum atomic E-state index is -0.193. The predicted molar refractivity (Wildman–Crippen MR) is 103 cm³/mol. The van der Waals surface area contributed by atoms with Crippen LogP contribution in [-0.4, -0.2) is 15.5 Å². The first kappa shape index (κ1) is 16.6. The van der Waals surface area contributed by atoms with Crippen molar-refractivity contribution in [2.24, 2.45) is 0 Å². The summed E-state index contributed by atoms with van der Waals surface area (Å²) in [7, 11) is 0. The molecule has 0 aliphatic heterocycles. The minimum absolute atomic E-state index is 0.193. The zero-order chi connectivity index (χ0) is 17.9. The topological polar surface area (TPSA) is 60.1 Å². The molecule has 0 spiro atoms. The van der Waals surface area contributed by atoms with Gasteiger partial charge >= 0.3 is 0 Å². The van der Waals surface area contributed by atoms with Gasteiger partial charge in [0.05, 0.1) is 18.5 Å². The number of nitrogens with zero attached hydrogens (tertiary/aromatic N) is 2. The van der Waals surface area contributed by atoms with Gasteiger partial charge in [-0.05, 0) is 30.7 Å². The van der Waals surface area contributed by atoms with Gasteiger partial charge in [-0.2, -0.15) is 0 Å². The second-order valence-corrected chi connectivity index (χ2v) is 6.90. The third-order valence-corrected chi connectivity index (χ3v) is 5.08. The summed E-state index contributed by atoms with van der Waals surface area (Å²) in [5, 5.41) is 6.69. The van der Waals surface area contributed by atoms with E-state index in [4.69, 9.17) is 4.42 Å². The number of carbonyl (C=O) groups is 1. The molecule has 4 aromatic rings. The Bertz CT molecular complexity index is 1030. The van der Waals surface area contributed by atoms with Crippen molar-refractivity contribution in [3.63, 3.8) is 0 Å². The number of hydrogen-bond donors (Lipinski definition) is 1. The van der Waals surface area contributed by atoms with Crippen LogP contribution in [0.5, 0.6) is 0 Å². The molecule has 3 aromatic heterocycles. The third-order valence-electron chi connectivity index (χ3n) is 4.22. The Morgan fingerprint density at radius 3 is 2.96 bits per heavy atom. The Labute approximate surface area is 155 Å². The van der Waals surface area contributed by atoms with Crippen molar-refractivity contribution in [3.8, 4) is 10.7 Å². The Morgan fingerprint density at radius 2 is 2.15 bits per heavy atom. The molecule has 4 rings (SSSR count). The van der Waals surface area contributed by atoms with E-state index in [1.807, 2.05) is 18.2 Å². The summed E-state index contributed by atoms with van der Waals surface area (Å²) < 4.78 is 7.51. The molecule has 0 unspecified atom stereocenters. The molecular weight excluding hydrogens is 346 g/mol. The van der Waals surface area contributed by atoms with Crippen LogP contribution in [0, 0.1) is 0 Å². The highest BCUT2D eigenvalue weighted by molar-refractivity contribution is 7.13. The van der Waals surface area contributed by atoms with E-state index in [2.05, 4.69) is 40.0 Å². The molecule has 1 amide bonds. The fraction of sp³-hybridized carbons (Fsp3) is 0.200. The van der Waals surface area contributed by atoms with E-state index in [-0.39, 0.29) is 5.91 Å². The van der Waals surface area contributed by atoms with E-state index in [1.165, 1.54) is 22.2 Å². The first-order valence-corrected chi connectivity index (χ1v) is 9.49. The molecular formula is C20H19N3O2S. The van der Waals surface area contributed by atoms with Gasteiger partial charge in [0, 0.05) is 22.8 Å². The first-order valence-electron chi connectivity index (χ1n) is 8.61. The number of aryl methyl sites for hydroxylation is 1. The molecule has 1 N–H and O–H groups in total. The summed E-state index contributed by atoms with van der Waals surface area (Å²) in [6.07, 6.45) is 2.63. The second-order valence-electron chi connectivity index (χ2n) is 6.04. The lowest BCUT2D eigenvalue weighted by atomic mass is 10.2. The number of rotatable bonds is 6. The van der Waals surface area contributed by atoms with E-state index < -0.39 is 0 Å². The SMILES string of the molecule is CCCn1c(-c2nc(C(=O)NCc3ccco3)cs2)cc2ccccc21. The summed E-state index contributed by atoms with van der Waals surface area (Å²) in [6, 6.07) is 14.1. The van der Waals surface area contributed by atoms with E-state index in [9.17, 15) is 4.79 Å². The fourth-order valence-corrected chi connectivity index (χ4v) is 3.84. The molecule has 0 saturated heterocycles. The lowest BCUT2D eigenvalue weighted by Crippen LogP contribution is -2.22. The molecule has 0 bridgehead atoms. The quantitative estimate of drug-likeness (QED) is 0.539. The summed E-state index contributed by atoms with van der Waals surface area (Å²) >= 11 is 1.49. The van der Waals surface area contributed by atoms with Gasteiger partial charge in [0.25, 0.3) is 5.91 Å². The van der Waals surface area contributed by atoms with E-state index in [0.717, 1.165) is 29.4 Å². The highest BCUT2D eigenvalue weighted by Crippen LogP contribution is 2.30. The van der Waals surface area contributed by atoms with Crippen molar-refractivity contribution < 1.29 is 9.21 Å². The van der Waals surface area contributed by atoms with Crippen LogP contribution in [0.2, 0.25) is 0 Å². The predicted octanol–water partition coefficient (Wildman–Crippen LogP) is 4.70. The van der Waals surface area contributed by atoms with Crippen LogP contribution in [-0.2, 0) is 13.1 Å². The molecule has 0 saturated carbocycles. The minimum Gasteiger partial charge on any atom is -0.467 e. The van der Waals surface area contributed by atoms with Crippen LogP contribution in [0.4, 0.5) is 0 Å². The normalized spacial score (nSPS) is 11.1. The lowest BCUT2D eigenvalue weighted by molar-refractivity contribution is 0.0944. The Kier molecular flexibility index (Phi) is 4.58. The molecule has 0 aliphatic carbocycles. The van der Waals surface area contributed by atoms with Crippen LogP contribution < -0.4 is 5.32 Å². The Morgan fingerprint density at radius 1 is 1.27 bits per heavy atom. The molecule has 0 radical (unpaired) electrons. The van der Waals surface area contributed by atoms with E-state index >= 15 is 0 Å². The summed E-state index contributed by atoms with van der Waals surface area (Å²) in [5.41, 5.74) is 2.69. The van der Waals surface area contributed by atoms with Crippen molar-refractivity contribution in [2.45, 2.75) is 26.4 Å². The maximum Gasteiger partial charge on any atom is 0.271 e. The molecule has 1 aromatic carbocycles. The van der Waals surface area contributed by atoms with Crippen LogP contribution in [0.1, 0.15) is 29.6 Å². The molecule has 0 aliphatic rings. The number of nitrogens with one attached hydrogen (secondary N) is 1. The average Bonchev–Trinajstić information content (AvgIpc) is 3.40. The largest absolute Gasteiger partial charge is 0.467 e. The number of amides is 1. The monoisotopic (exact) mass is 365 g/mol. The number of carbonyl (C=O) groups excluding carboxylic acids is 1. The van der Waals surface area contributed by atoms with Gasteiger partial charge < -0.3 is 14.3 Å². The summed E-state index contributed by atoms with van der Waals surface area (Å²) in [5.74, 6) is 0.527. The highest BCUT2D eigenvalue weighted by atomic mass is 32.1. The average molecular weight is 365 g/mol. The summed E-state index contributed by atoms with van der Waals surface area (Å²) in [4.78, 5) is 16.9. The molecule has 5 nitrogen and oxygen atoms in total. The van der Waals surface area contributed by atoms with Crippen molar-refractivity contribution in [2.75, 3.05) is 0 Å². The van der Waals surface area contributed by atoms with Gasteiger partial charge in [0.15, 0.2) is 0 Å². The van der Waals surface area contributed by atoms with Crippen LogP contribution in [0.3, 0.4) is 0 Å². The molecule has 0 fully saturated rings. The lowest BCUT2D eigenvalue weighted by Gasteiger charge is -2.07. The van der Waals surface area contributed by atoms with Crippen molar-refractivity contribution in [1.82, 2.24) is 14.9 Å². The molecule has 0 atom stereocenters. The third kappa shape index (κ3) is 3.15. The van der Waals surface area contributed by atoms with Gasteiger partial charge in [-0.25, -0.2) is 4.98 Å². The molecule has 3 heterocycles. The smallest absolute Gasteiger partial charge is 0.271 e. The first-order chi connectivity index (χ1) is 12.8. The van der Waals surface area contributed by atoms with Gasteiger partial charge in [-0.3, -0.25) is 4.79 Å². The zero-order valence-corrected chi connectivity index (χ0v) is 15.3. The highest BCUT2D eigenvalue weighted by Gasteiger charge is 2.16. The van der Waals surface area contributed by atoms with Gasteiger partial charge in [0.1, 0.15) is 16.5 Å². The van der Waals surface area contributed by atoms with Crippen molar-refractivity contribution in [1.29, 1.82) is 0 Å². The second kappa shape index (κ2) is 7.17. The zero-order valence-electron chi connectivity index (χ0n) is 14.4. The molecule has 6 heteroatoms. The number of benzene rings is 1. The fourth-order valence-electron chi connectivity index (χ4n) is 3.02. The maximum atomic E-state index is 12.4. The van der Waals surface area contributed by atoms with E-state index in [0.29, 0.717) is 12.2 Å². The summed E-state index contributed by atoms with van der Waals surface area (Å²) in [6.45, 7) is 3.44. The number of hydrogen-bond acceptors (Lipinski definition) is 4. The maximum absolute atomic E-state index is 12.4. The van der Waals surface area contributed by atoms with Gasteiger partial charge in [-0.1, -0.05) is 25.1 Å². The van der Waals surface area contributed by atoms with Crippen LogP contribution in [0.25, 0.3) is 21.6 Å². The number of fused-ring (bicyclic) bond motifs is 1. The van der Waals surface area contributed by atoms with Crippen molar-refractivity contribution in [3.05, 3.63) is 65.6 Å². The number of thiazole rings is 1. The number of aromatic nitrogens is 2. The Hall–Kier alpha value is -2.86. The Balaban J connectivity index is 1.60. The van der Waals surface area contributed by atoms with E-state index in [1.54, 1.807) is 17.7 Å². The van der Waals surface area contributed by atoms with Gasteiger partial charge in [-0.15, -0.1) is 11.3 Å². The number of furan rings is 1. The molecule has 26 heavy (non-hydrogen) atoms. The molecule has 132 valence electrons. The van der Waals surface area contributed by atoms with Crippen molar-refractivity contribution >= 4 is 28.1 Å². The number of para-hydroxylation sites is 1. The van der Waals surface area contributed by atoms with Gasteiger partial charge in [0.2, 0.25) is 0 Å². The van der Waals surface area contributed by atoms with Crippen LogP contribution >= 0.6 is 11.3 Å². The standard InChI is InChI=1S/C20H19N3O2S/c1-2-9-23-17-8-4-3-6-14(17)11-18(23)20-22-16(13-26-20)19(24)21-12-15-7-5-10-25-15/h3-8,10-11,13H,2,9,12H2,1H3,(H,21,24).